The Kier molecular flexibility index (Phi) is 14.4. The molecule has 57 heavy (non-hydrogen) atoms. The number of benzene rings is 2. The lowest BCUT2D eigenvalue weighted by Crippen LogP contribution is -2.58. The van der Waals surface area contributed by atoms with Gasteiger partial charge in [0.15, 0.2) is 5.96 Å². The molecular weight excluding hydrogens is 731 g/mol. The van der Waals surface area contributed by atoms with Crippen LogP contribution in [0, 0.1) is 0 Å². The number of nitrogens with zero attached hydrogens (tertiary/aromatic N) is 2. The fourth-order valence-corrected chi connectivity index (χ4v) is 7.39. The van der Waals surface area contributed by atoms with Crippen molar-refractivity contribution in [3.05, 3.63) is 83.5 Å². The number of alkyl carbamates (subject to hydrolysis) is 1. The number of hydrogen-bond donors (Lipinski definition) is 7. The third kappa shape index (κ3) is 11.0. The average Bonchev–Trinajstić information content (AvgIpc) is 3.80. The van der Waals surface area contributed by atoms with Crippen molar-refractivity contribution in [3.63, 3.8) is 0 Å². The van der Waals surface area contributed by atoms with E-state index in [1.807, 2.05) is 62.4 Å². The van der Waals surface area contributed by atoms with Gasteiger partial charge in [0.25, 0.3) is 0 Å². The van der Waals surface area contributed by atoms with Crippen LogP contribution in [0.15, 0.2) is 77.3 Å². The minimum atomic E-state index is -1.17. The molecule has 5 rings (SSSR count). The maximum Gasteiger partial charge on any atom is 0.407 e. The van der Waals surface area contributed by atoms with Gasteiger partial charge in [-0.1, -0.05) is 72.3 Å². The molecule has 1 saturated heterocycles. The van der Waals surface area contributed by atoms with Crippen LogP contribution in [0.25, 0.3) is 11.1 Å². The number of allylic oxidation sites excluding steroid dienone is 1. The lowest BCUT2D eigenvalue weighted by atomic mass is 9.98. The second-order valence-corrected chi connectivity index (χ2v) is 14.7. The highest BCUT2D eigenvalue weighted by molar-refractivity contribution is 5.96. The van der Waals surface area contributed by atoms with Crippen molar-refractivity contribution in [2.45, 2.75) is 94.9 Å². The van der Waals surface area contributed by atoms with Crippen LogP contribution in [0.1, 0.15) is 75.8 Å². The molecule has 0 radical (unpaired) electrons. The Morgan fingerprint density at radius 2 is 1.51 bits per heavy atom. The van der Waals surface area contributed by atoms with E-state index < -0.39 is 65.8 Å². The van der Waals surface area contributed by atoms with Gasteiger partial charge < -0.3 is 48.1 Å². The molecular formula is C41H53N9O7. The van der Waals surface area contributed by atoms with E-state index in [0.717, 1.165) is 27.8 Å². The number of ether oxygens (including phenoxy) is 1. The van der Waals surface area contributed by atoms with E-state index in [-0.39, 0.29) is 57.3 Å². The standard InChI is InChI=1S/C41H53N9O7/c1-24(2)19-20-32-37(53)47-31(17-9-21-45-40(43)44)36(52)46-30(35(42)51)15-7-8-16-33(39(55)50-22-10-18-34(50)38(54)48-32)49-41(56)57-23-29-27-13-5-3-11-25(27)26-12-4-6-14-28(26)29/h3-8,11-14,19,29-34H,9-10,15-18,20-23H2,1-2H3,(H2,42,51)(H,46,52)(H,47,53)(H,48,54)(H,49,56)(H4,43,44,45)/b8-7-/t30-,31-,32+,33-,34+/m0/s1. The zero-order valence-electron chi connectivity index (χ0n) is 32.4. The summed E-state index contributed by atoms with van der Waals surface area (Å²) in [4.78, 5) is 86.8. The fourth-order valence-electron chi connectivity index (χ4n) is 7.39. The number of rotatable bonds is 10. The zero-order chi connectivity index (χ0) is 41.1. The second-order valence-electron chi connectivity index (χ2n) is 14.7. The number of amides is 6. The lowest BCUT2D eigenvalue weighted by Gasteiger charge is -2.29. The number of primary amides is 1. The molecule has 0 unspecified atom stereocenters. The first-order chi connectivity index (χ1) is 27.3. The van der Waals surface area contributed by atoms with Crippen molar-refractivity contribution in [1.82, 2.24) is 26.2 Å². The summed E-state index contributed by atoms with van der Waals surface area (Å²) in [5.41, 5.74) is 21.7. The third-order valence-electron chi connectivity index (χ3n) is 10.3. The summed E-state index contributed by atoms with van der Waals surface area (Å²) in [6.45, 7) is 4.14. The first kappa shape index (κ1) is 42.0. The van der Waals surface area contributed by atoms with Gasteiger partial charge in [0.1, 0.15) is 36.8 Å². The number of fused-ring (bicyclic) bond motifs is 4. The van der Waals surface area contributed by atoms with E-state index in [0.29, 0.717) is 19.3 Å². The molecule has 6 amide bonds. The first-order valence-electron chi connectivity index (χ1n) is 19.3. The maximum absolute atomic E-state index is 14.2. The summed E-state index contributed by atoms with van der Waals surface area (Å²) in [5, 5.41) is 10.9. The Morgan fingerprint density at radius 3 is 2.16 bits per heavy atom. The summed E-state index contributed by atoms with van der Waals surface area (Å²) in [6, 6.07) is 10.4. The van der Waals surface area contributed by atoms with Crippen molar-refractivity contribution in [1.29, 1.82) is 0 Å². The van der Waals surface area contributed by atoms with E-state index in [9.17, 15) is 28.8 Å². The van der Waals surface area contributed by atoms with Crippen LogP contribution in [0.4, 0.5) is 4.79 Å². The molecule has 5 atom stereocenters. The van der Waals surface area contributed by atoms with Crippen molar-refractivity contribution >= 4 is 41.6 Å². The Labute approximate surface area is 332 Å². The summed E-state index contributed by atoms with van der Waals surface area (Å²) in [6.07, 6.45) is 5.42. The molecule has 2 aliphatic heterocycles. The lowest BCUT2D eigenvalue weighted by molar-refractivity contribution is -0.141. The fraction of sp³-hybridized carbons (Fsp3) is 0.439. The highest BCUT2D eigenvalue weighted by Gasteiger charge is 2.39. The molecule has 0 spiro atoms. The molecule has 1 aliphatic carbocycles. The van der Waals surface area contributed by atoms with Crippen LogP contribution in [0.5, 0.6) is 0 Å². The zero-order valence-corrected chi connectivity index (χ0v) is 32.4. The molecule has 0 saturated carbocycles. The predicted octanol–water partition coefficient (Wildman–Crippen LogP) is 1.58. The second kappa shape index (κ2) is 19.6. The van der Waals surface area contributed by atoms with Crippen molar-refractivity contribution in [2.24, 2.45) is 22.2 Å². The Balaban J connectivity index is 1.39. The first-order valence-corrected chi connectivity index (χ1v) is 19.3. The summed E-state index contributed by atoms with van der Waals surface area (Å²) >= 11 is 0. The SMILES string of the molecule is CC(C)=CC[C@H]1NC(=O)[C@H]2CCCN2C(=O)[C@@H](NC(=O)OCC2c3ccccc3-c3ccccc32)C/C=C\C[C@@H](C(N)=O)NC(=O)[C@H](CCCN=C(N)N)NC1=O. The highest BCUT2D eigenvalue weighted by Crippen LogP contribution is 2.44. The highest BCUT2D eigenvalue weighted by atomic mass is 16.5. The molecule has 16 heteroatoms. The molecule has 2 aromatic rings. The Hall–Kier alpha value is -6.19. The summed E-state index contributed by atoms with van der Waals surface area (Å²) < 4.78 is 5.76. The van der Waals surface area contributed by atoms with Crippen molar-refractivity contribution in [3.8, 4) is 11.1 Å². The molecule has 1 fully saturated rings. The number of carbonyl (C=O) groups excluding carboxylic acids is 6. The average molecular weight is 784 g/mol. The van der Waals surface area contributed by atoms with Gasteiger partial charge >= 0.3 is 6.09 Å². The minimum Gasteiger partial charge on any atom is -0.449 e. The van der Waals surface area contributed by atoms with Crippen LogP contribution in [-0.4, -0.2) is 96.4 Å². The number of aliphatic imine (C=N–C) groups is 1. The van der Waals surface area contributed by atoms with E-state index in [4.69, 9.17) is 21.9 Å². The molecule has 3 aliphatic rings. The molecule has 2 aromatic carbocycles. The van der Waals surface area contributed by atoms with Gasteiger partial charge in [-0.2, -0.15) is 0 Å². The third-order valence-corrected chi connectivity index (χ3v) is 10.3. The predicted molar refractivity (Wildman–Crippen MR) is 214 cm³/mol. The van der Waals surface area contributed by atoms with Crippen LogP contribution in [0.3, 0.4) is 0 Å². The van der Waals surface area contributed by atoms with Crippen molar-refractivity contribution < 1.29 is 33.5 Å². The van der Waals surface area contributed by atoms with E-state index in [1.165, 1.54) is 4.90 Å². The van der Waals surface area contributed by atoms with Crippen LogP contribution in [-0.2, 0) is 28.7 Å². The Morgan fingerprint density at radius 1 is 0.877 bits per heavy atom. The van der Waals surface area contributed by atoms with Crippen LogP contribution >= 0.6 is 0 Å². The number of carbonyl (C=O) groups is 6. The molecule has 2 heterocycles. The van der Waals surface area contributed by atoms with E-state index in [2.05, 4.69) is 26.3 Å². The van der Waals surface area contributed by atoms with Gasteiger partial charge in [-0.05, 0) is 81.0 Å². The number of guanidine groups is 1. The maximum atomic E-state index is 14.2. The van der Waals surface area contributed by atoms with E-state index in [1.54, 1.807) is 18.2 Å². The van der Waals surface area contributed by atoms with E-state index >= 15 is 0 Å². The Bertz CT molecular complexity index is 1880. The monoisotopic (exact) mass is 783 g/mol. The van der Waals surface area contributed by atoms with Gasteiger partial charge in [-0.3, -0.25) is 29.0 Å². The molecule has 10 N–H and O–H groups in total. The van der Waals surface area contributed by atoms with Gasteiger partial charge in [0, 0.05) is 19.0 Å². The van der Waals surface area contributed by atoms with Crippen LogP contribution in [0.2, 0.25) is 0 Å². The molecule has 0 aromatic heterocycles. The minimum absolute atomic E-state index is 0.0236. The summed E-state index contributed by atoms with van der Waals surface area (Å²) in [5.74, 6) is -3.54. The van der Waals surface area contributed by atoms with Gasteiger partial charge in [0.05, 0.1) is 0 Å². The van der Waals surface area contributed by atoms with Gasteiger partial charge in [-0.25, -0.2) is 4.79 Å². The number of nitrogens with two attached hydrogens (primary N) is 3. The summed E-state index contributed by atoms with van der Waals surface area (Å²) in [7, 11) is 0. The molecule has 304 valence electrons. The number of hydrogen-bond acceptors (Lipinski definition) is 8. The van der Waals surface area contributed by atoms with Gasteiger partial charge in [-0.15, -0.1) is 0 Å². The number of nitrogens with one attached hydrogen (secondary N) is 4. The normalized spacial score (nSPS) is 23.3. The van der Waals surface area contributed by atoms with Gasteiger partial charge in [0.2, 0.25) is 29.5 Å². The van der Waals surface area contributed by atoms with Crippen molar-refractivity contribution in [2.75, 3.05) is 19.7 Å². The molecule has 0 bridgehead atoms. The smallest absolute Gasteiger partial charge is 0.407 e. The molecule has 16 nitrogen and oxygen atoms in total. The topological polar surface area (TPSA) is 253 Å². The quantitative estimate of drug-likeness (QED) is 0.0799. The van der Waals surface area contributed by atoms with Crippen LogP contribution < -0.4 is 38.5 Å². The largest absolute Gasteiger partial charge is 0.449 e.